The van der Waals surface area contributed by atoms with Crippen molar-refractivity contribution in [2.75, 3.05) is 19.6 Å². The smallest absolute Gasteiger partial charge is 0.162 e. The van der Waals surface area contributed by atoms with Crippen LogP contribution >= 0.6 is 0 Å². The lowest BCUT2D eigenvalue weighted by Crippen LogP contribution is -2.30. The monoisotopic (exact) mass is 276 g/mol. The van der Waals surface area contributed by atoms with Gasteiger partial charge in [0.2, 0.25) is 0 Å². The third-order valence-corrected chi connectivity index (χ3v) is 3.82. The van der Waals surface area contributed by atoms with Crippen molar-refractivity contribution in [3.05, 3.63) is 42.1 Å². The minimum Gasteiger partial charge on any atom is -0.303 e. The fourth-order valence-corrected chi connectivity index (χ4v) is 2.63. The molecule has 0 N–H and O–H groups in total. The van der Waals surface area contributed by atoms with E-state index in [1.54, 1.807) is 12.1 Å². The molecule has 1 fully saturated rings. The Bertz CT molecular complexity index is 427. The Labute approximate surface area is 121 Å². The third kappa shape index (κ3) is 5.04. The zero-order valence-electron chi connectivity index (χ0n) is 12.0. The van der Waals surface area contributed by atoms with Gasteiger partial charge in [0.25, 0.3) is 0 Å². The summed E-state index contributed by atoms with van der Waals surface area (Å²) in [6.45, 7) is 3.51. The number of piperidine rings is 1. The summed E-state index contributed by atoms with van der Waals surface area (Å²) in [4.78, 5) is 14.4. The number of halogens is 1. The maximum atomic E-state index is 13.0. The minimum absolute atomic E-state index is 0.0528. The van der Waals surface area contributed by atoms with Crippen molar-refractivity contribution >= 4 is 5.78 Å². The van der Waals surface area contributed by atoms with Crippen LogP contribution in [0.4, 0.5) is 4.39 Å². The van der Waals surface area contributed by atoms with Crippen LogP contribution < -0.4 is 0 Å². The van der Waals surface area contributed by atoms with E-state index in [1.807, 2.05) is 0 Å². The van der Waals surface area contributed by atoms with Gasteiger partial charge in [-0.25, -0.2) is 4.39 Å². The standard InChI is InChI=1S/C17H23FNO/c18-16-9-7-8-15(14-16)17(20)10-3-1-4-11-19-12-5-2-6-13-19/h2,7-9,14H,1,3-6,10-13H2. The molecule has 3 heteroatoms. The first-order valence-corrected chi connectivity index (χ1v) is 7.58. The average molecular weight is 276 g/mol. The Morgan fingerprint density at radius 2 is 1.95 bits per heavy atom. The van der Waals surface area contributed by atoms with Crippen LogP contribution in [0.2, 0.25) is 0 Å². The highest BCUT2D eigenvalue weighted by Gasteiger charge is 2.10. The van der Waals surface area contributed by atoms with E-state index in [-0.39, 0.29) is 11.6 Å². The molecule has 1 radical (unpaired) electrons. The molecular weight excluding hydrogens is 253 g/mol. The number of carbonyl (C=O) groups excluding carboxylic acids is 1. The molecule has 2 nitrogen and oxygen atoms in total. The number of hydrogen-bond acceptors (Lipinski definition) is 2. The zero-order chi connectivity index (χ0) is 14.2. The Hall–Kier alpha value is -1.22. The van der Waals surface area contributed by atoms with E-state index >= 15 is 0 Å². The highest BCUT2D eigenvalue weighted by atomic mass is 19.1. The van der Waals surface area contributed by atoms with Gasteiger partial charge in [-0.2, -0.15) is 0 Å². The van der Waals surface area contributed by atoms with Gasteiger partial charge in [0.05, 0.1) is 0 Å². The summed E-state index contributed by atoms with van der Waals surface area (Å²) >= 11 is 0. The molecule has 1 aromatic rings. The van der Waals surface area contributed by atoms with Crippen LogP contribution in [0.3, 0.4) is 0 Å². The summed E-state index contributed by atoms with van der Waals surface area (Å²) in [6.07, 6.45) is 8.41. The van der Waals surface area contributed by atoms with E-state index in [2.05, 4.69) is 11.3 Å². The van der Waals surface area contributed by atoms with Gasteiger partial charge in [-0.15, -0.1) is 0 Å². The molecule has 1 aliphatic rings. The SMILES string of the molecule is O=C(CCCCCN1CC[CH]CC1)c1cccc(F)c1. The first-order valence-electron chi connectivity index (χ1n) is 7.58. The number of nitrogens with zero attached hydrogens (tertiary/aromatic N) is 1. The van der Waals surface area contributed by atoms with Crippen LogP contribution in [0.5, 0.6) is 0 Å². The Morgan fingerprint density at radius 1 is 1.15 bits per heavy atom. The molecule has 0 atom stereocenters. The van der Waals surface area contributed by atoms with Crippen LogP contribution in [0.25, 0.3) is 0 Å². The number of rotatable bonds is 7. The predicted molar refractivity (Wildman–Crippen MR) is 79.2 cm³/mol. The Balaban J connectivity index is 1.59. The number of Topliss-reactive ketones (excluding diaryl/α,β-unsaturated/α-hetero) is 1. The van der Waals surface area contributed by atoms with Crippen molar-refractivity contribution in [1.29, 1.82) is 0 Å². The van der Waals surface area contributed by atoms with Crippen molar-refractivity contribution in [2.45, 2.75) is 38.5 Å². The maximum absolute atomic E-state index is 13.0. The highest BCUT2D eigenvalue weighted by molar-refractivity contribution is 5.95. The van der Waals surface area contributed by atoms with E-state index in [9.17, 15) is 9.18 Å². The van der Waals surface area contributed by atoms with E-state index in [0.29, 0.717) is 12.0 Å². The quantitative estimate of drug-likeness (QED) is 0.556. The number of hydrogen-bond donors (Lipinski definition) is 0. The van der Waals surface area contributed by atoms with Crippen molar-refractivity contribution in [3.8, 4) is 0 Å². The van der Waals surface area contributed by atoms with Crippen LogP contribution in [-0.2, 0) is 0 Å². The van der Waals surface area contributed by atoms with Crippen molar-refractivity contribution in [3.63, 3.8) is 0 Å². The number of benzene rings is 1. The third-order valence-electron chi connectivity index (χ3n) is 3.82. The molecule has 109 valence electrons. The lowest BCUT2D eigenvalue weighted by atomic mass is 10.0. The highest BCUT2D eigenvalue weighted by Crippen LogP contribution is 2.12. The molecule has 0 amide bonds. The lowest BCUT2D eigenvalue weighted by Gasteiger charge is -2.26. The molecule has 1 saturated heterocycles. The number of unbranched alkanes of at least 4 members (excludes halogenated alkanes) is 2. The van der Waals surface area contributed by atoms with Gasteiger partial charge in [0.15, 0.2) is 5.78 Å². The van der Waals surface area contributed by atoms with Gasteiger partial charge < -0.3 is 4.90 Å². The predicted octanol–water partition coefficient (Wildman–Crippen LogP) is 3.87. The molecule has 1 aliphatic heterocycles. The summed E-state index contributed by atoms with van der Waals surface area (Å²) in [5, 5.41) is 0. The van der Waals surface area contributed by atoms with Crippen molar-refractivity contribution < 1.29 is 9.18 Å². The molecule has 0 unspecified atom stereocenters. The Kier molecular flexibility index (Phi) is 6.19. The van der Waals surface area contributed by atoms with Crippen LogP contribution in [-0.4, -0.2) is 30.3 Å². The second-order valence-electron chi connectivity index (χ2n) is 5.45. The van der Waals surface area contributed by atoms with E-state index in [4.69, 9.17) is 0 Å². The molecule has 0 spiro atoms. The van der Waals surface area contributed by atoms with Gasteiger partial charge in [-0.3, -0.25) is 4.79 Å². The molecular formula is C17H23FNO. The number of ketones is 1. The largest absolute Gasteiger partial charge is 0.303 e. The second kappa shape index (κ2) is 8.15. The number of carbonyl (C=O) groups is 1. The average Bonchev–Trinajstić information content (AvgIpc) is 2.48. The first-order chi connectivity index (χ1) is 9.75. The Morgan fingerprint density at radius 3 is 2.70 bits per heavy atom. The normalized spacial score (nSPS) is 16.2. The first kappa shape index (κ1) is 15.2. The maximum Gasteiger partial charge on any atom is 0.162 e. The van der Waals surface area contributed by atoms with Gasteiger partial charge >= 0.3 is 0 Å². The minimum atomic E-state index is -0.335. The summed E-state index contributed by atoms with van der Waals surface area (Å²) < 4.78 is 13.0. The molecule has 1 aromatic carbocycles. The fraction of sp³-hybridized carbons (Fsp3) is 0.529. The van der Waals surface area contributed by atoms with Crippen LogP contribution in [0.1, 0.15) is 48.9 Å². The van der Waals surface area contributed by atoms with Gasteiger partial charge in [-0.1, -0.05) is 18.6 Å². The van der Waals surface area contributed by atoms with Crippen molar-refractivity contribution in [1.82, 2.24) is 4.90 Å². The van der Waals surface area contributed by atoms with E-state index in [1.165, 1.54) is 38.1 Å². The number of likely N-dealkylation sites (tertiary alicyclic amines) is 1. The lowest BCUT2D eigenvalue weighted by molar-refractivity contribution is 0.0978. The van der Waals surface area contributed by atoms with Gasteiger partial charge in [-0.05, 0) is 63.9 Å². The summed E-state index contributed by atoms with van der Waals surface area (Å²) in [5.41, 5.74) is 0.497. The van der Waals surface area contributed by atoms with Crippen LogP contribution in [0.15, 0.2) is 24.3 Å². The molecule has 2 rings (SSSR count). The molecule has 0 saturated carbocycles. The topological polar surface area (TPSA) is 20.3 Å². The summed E-state index contributed by atoms with van der Waals surface area (Å²) in [7, 11) is 0. The van der Waals surface area contributed by atoms with Gasteiger partial charge in [0, 0.05) is 12.0 Å². The zero-order valence-corrected chi connectivity index (χ0v) is 12.0. The molecule has 0 aliphatic carbocycles. The second-order valence-corrected chi connectivity index (χ2v) is 5.45. The van der Waals surface area contributed by atoms with E-state index in [0.717, 1.165) is 25.8 Å². The van der Waals surface area contributed by atoms with Crippen LogP contribution in [0, 0.1) is 12.2 Å². The van der Waals surface area contributed by atoms with E-state index < -0.39 is 0 Å². The summed E-state index contributed by atoms with van der Waals surface area (Å²) in [5.74, 6) is -0.283. The molecule has 0 bridgehead atoms. The molecule has 0 aromatic heterocycles. The van der Waals surface area contributed by atoms with Crippen molar-refractivity contribution in [2.24, 2.45) is 0 Å². The molecule has 20 heavy (non-hydrogen) atoms. The molecule has 1 heterocycles. The fourth-order valence-electron chi connectivity index (χ4n) is 2.63. The summed E-state index contributed by atoms with van der Waals surface area (Å²) in [6, 6.07) is 5.98. The van der Waals surface area contributed by atoms with Gasteiger partial charge in [0.1, 0.15) is 5.82 Å².